The van der Waals surface area contributed by atoms with E-state index in [4.69, 9.17) is 28.3 Å². The van der Waals surface area contributed by atoms with Crippen LogP contribution in [0.3, 0.4) is 0 Å². The van der Waals surface area contributed by atoms with Gasteiger partial charge in [0.25, 0.3) is 0 Å². The van der Waals surface area contributed by atoms with E-state index < -0.39 is 5.97 Å². The largest absolute Gasteiger partial charge is 0.478 e. The molecule has 0 spiro atoms. The third kappa shape index (κ3) is 2.24. The second-order valence-corrected chi connectivity index (χ2v) is 4.62. The molecule has 0 radical (unpaired) electrons. The van der Waals surface area contributed by atoms with E-state index in [1.54, 1.807) is 30.5 Å². The quantitative estimate of drug-likeness (QED) is 0.924. The number of rotatable bonds is 3. The molecule has 2 aromatic rings. The van der Waals surface area contributed by atoms with Gasteiger partial charge in [-0.25, -0.2) is 4.79 Å². The van der Waals surface area contributed by atoms with Gasteiger partial charge in [-0.2, -0.15) is 0 Å². The zero-order chi connectivity index (χ0) is 13.3. The summed E-state index contributed by atoms with van der Waals surface area (Å²) in [6, 6.07) is 6.80. The molecule has 0 saturated heterocycles. The molecule has 0 aliphatic heterocycles. The Kier molecular flexibility index (Phi) is 3.64. The maximum Gasteiger partial charge on any atom is 0.337 e. The summed E-state index contributed by atoms with van der Waals surface area (Å²) < 4.78 is 1.81. The van der Waals surface area contributed by atoms with E-state index >= 15 is 0 Å². The molecule has 0 aliphatic rings. The van der Waals surface area contributed by atoms with Crippen LogP contribution in [-0.4, -0.2) is 15.6 Å². The molecular formula is C13H11Cl2NO2. The van der Waals surface area contributed by atoms with Crippen LogP contribution in [0.5, 0.6) is 0 Å². The second kappa shape index (κ2) is 5.04. The predicted molar refractivity (Wildman–Crippen MR) is 72.1 cm³/mol. The van der Waals surface area contributed by atoms with Crippen molar-refractivity contribution in [3.8, 4) is 5.69 Å². The highest BCUT2D eigenvalue weighted by molar-refractivity contribution is 6.42. The van der Waals surface area contributed by atoms with Crippen molar-refractivity contribution in [1.82, 2.24) is 4.57 Å². The van der Waals surface area contributed by atoms with Crippen molar-refractivity contribution in [2.24, 2.45) is 0 Å². The van der Waals surface area contributed by atoms with Gasteiger partial charge >= 0.3 is 5.97 Å². The Hall–Kier alpha value is -1.45. The van der Waals surface area contributed by atoms with Gasteiger partial charge in [-0.3, -0.25) is 0 Å². The van der Waals surface area contributed by atoms with Crippen LogP contribution in [0, 0.1) is 0 Å². The van der Waals surface area contributed by atoms with Gasteiger partial charge in [0.1, 0.15) is 0 Å². The standard InChI is InChI=1S/C13H11Cl2NO2/c1-2-12-9(13(17)18)5-6-16(12)8-3-4-10(14)11(15)7-8/h3-7H,2H2,1H3,(H,17,18). The smallest absolute Gasteiger partial charge is 0.337 e. The minimum atomic E-state index is -0.925. The van der Waals surface area contributed by atoms with Crippen LogP contribution in [-0.2, 0) is 6.42 Å². The minimum absolute atomic E-state index is 0.309. The summed E-state index contributed by atoms with van der Waals surface area (Å²) in [6.07, 6.45) is 2.34. The summed E-state index contributed by atoms with van der Waals surface area (Å²) in [5.74, 6) is -0.925. The van der Waals surface area contributed by atoms with Gasteiger partial charge in [-0.15, -0.1) is 0 Å². The first-order chi connectivity index (χ1) is 8.54. The molecule has 0 amide bonds. The van der Waals surface area contributed by atoms with Gasteiger partial charge in [0, 0.05) is 17.6 Å². The van der Waals surface area contributed by atoms with Crippen molar-refractivity contribution in [2.75, 3.05) is 0 Å². The highest BCUT2D eigenvalue weighted by Gasteiger charge is 2.14. The highest BCUT2D eigenvalue weighted by Crippen LogP contribution is 2.26. The SMILES string of the molecule is CCc1c(C(=O)O)ccn1-c1ccc(Cl)c(Cl)c1. The average molecular weight is 284 g/mol. The average Bonchev–Trinajstić information content (AvgIpc) is 2.76. The molecule has 0 aliphatic carbocycles. The molecule has 3 nitrogen and oxygen atoms in total. The van der Waals surface area contributed by atoms with Crippen molar-refractivity contribution in [2.45, 2.75) is 13.3 Å². The Labute approximate surface area is 115 Å². The number of halogens is 2. The number of carboxylic acids is 1. The first-order valence-electron chi connectivity index (χ1n) is 5.43. The molecule has 0 atom stereocenters. The monoisotopic (exact) mass is 283 g/mol. The Morgan fingerprint density at radius 3 is 2.56 bits per heavy atom. The number of carboxylic acid groups (broad SMARTS) is 1. The van der Waals surface area contributed by atoms with Crippen LogP contribution >= 0.6 is 23.2 Å². The normalized spacial score (nSPS) is 10.6. The van der Waals surface area contributed by atoms with Gasteiger partial charge in [0.2, 0.25) is 0 Å². The van der Waals surface area contributed by atoms with E-state index in [-0.39, 0.29) is 0 Å². The minimum Gasteiger partial charge on any atom is -0.478 e. The van der Waals surface area contributed by atoms with Gasteiger partial charge in [-0.05, 0) is 30.7 Å². The predicted octanol–water partition coefficient (Wildman–Crippen LogP) is 4.04. The molecule has 5 heteroatoms. The number of carbonyl (C=O) groups is 1. The summed E-state index contributed by atoms with van der Waals surface area (Å²) in [5.41, 5.74) is 1.85. The third-order valence-electron chi connectivity index (χ3n) is 2.74. The van der Waals surface area contributed by atoms with E-state index in [2.05, 4.69) is 0 Å². The van der Waals surface area contributed by atoms with E-state index in [9.17, 15) is 4.79 Å². The van der Waals surface area contributed by atoms with Gasteiger partial charge < -0.3 is 9.67 Å². The van der Waals surface area contributed by atoms with Crippen LogP contribution in [0.15, 0.2) is 30.5 Å². The molecule has 18 heavy (non-hydrogen) atoms. The Morgan fingerprint density at radius 2 is 2.00 bits per heavy atom. The molecule has 0 saturated carbocycles. The van der Waals surface area contributed by atoms with Crippen molar-refractivity contribution >= 4 is 29.2 Å². The topological polar surface area (TPSA) is 42.2 Å². The maximum absolute atomic E-state index is 11.1. The fourth-order valence-corrected chi connectivity index (χ4v) is 2.19. The van der Waals surface area contributed by atoms with E-state index in [1.807, 2.05) is 11.5 Å². The molecule has 1 heterocycles. The van der Waals surface area contributed by atoms with Crippen molar-refractivity contribution in [3.05, 3.63) is 51.8 Å². The molecule has 0 fully saturated rings. The molecule has 1 aromatic heterocycles. The zero-order valence-corrected chi connectivity index (χ0v) is 11.2. The van der Waals surface area contributed by atoms with Gasteiger partial charge in [0.15, 0.2) is 0 Å². The summed E-state index contributed by atoms with van der Waals surface area (Å²) >= 11 is 11.8. The highest BCUT2D eigenvalue weighted by atomic mass is 35.5. The van der Waals surface area contributed by atoms with Crippen LogP contribution in [0.2, 0.25) is 10.0 Å². The van der Waals surface area contributed by atoms with Crippen LogP contribution in [0.25, 0.3) is 5.69 Å². The molecule has 0 unspecified atom stereocenters. The van der Waals surface area contributed by atoms with E-state index in [0.29, 0.717) is 22.0 Å². The van der Waals surface area contributed by atoms with Crippen LogP contribution in [0.4, 0.5) is 0 Å². The lowest BCUT2D eigenvalue weighted by molar-refractivity contribution is 0.0696. The van der Waals surface area contributed by atoms with Crippen molar-refractivity contribution in [1.29, 1.82) is 0 Å². The Bertz CT molecular complexity index is 605. The first-order valence-corrected chi connectivity index (χ1v) is 6.19. The van der Waals surface area contributed by atoms with E-state index in [1.165, 1.54) is 0 Å². The number of aromatic nitrogens is 1. The second-order valence-electron chi connectivity index (χ2n) is 3.80. The summed E-state index contributed by atoms with van der Waals surface area (Å²) in [5, 5.41) is 10.0. The molecule has 1 N–H and O–H groups in total. The lowest BCUT2D eigenvalue weighted by atomic mass is 10.2. The molecule has 0 bridgehead atoms. The fraction of sp³-hybridized carbons (Fsp3) is 0.154. The number of benzene rings is 1. The molecule has 94 valence electrons. The molecular weight excluding hydrogens is 273 g/mol. The number of hydrogen-bond donors (Lipinski definition) is 1. The lowest BCUT2D eigenvalue weighted by Gasteiger charge is -2.09. The van der Waals surface area contributed by atoms with Crippen LogP contribution in [0.1, 0.15) is 23.0 Å². The number of hydrogen-bond acceptors (Lipinski definition) is 1. The van der Waals surface area contributed by atoms with Crippen LogP contribution < -0.4 is 0 Å². The number of aromatic carboxylic acids is 1. The fourth-order valence-electron chi connectivity index (χ4n) is 1.90. The molecule has 1 aromatic carbocycles. The zero-order valence-electron chi connectivity index (χ0n) is 9.65. The third-order valence-corrected chi connectivity index (χ3v) is 3.48. The van der Waals surface area contributed by atoms with Crippen molar-refractivity contribution in [3.63, 3.8) is 0 Å². The summed E-state index contributed by atoms with van der Waals surface area (Å²) in [6.45, 7) is 1.91. The Morgan fingerprint density at radius 1 is 1.28 bits per heavy atom. The van der Waals surface area contributed by atoms with E-state index in [0.717, 1.165) is 11.4 Å². The first kappa shape index (κ1) is 13.0. The lowest BCUT2D eigenvalue weighted by Crippen LogP contribution is -2.04. The van der Waals surface area contributed by atoms with Gasteiger partial charge in [-0.1, -0.05) is 30.1 Å². The summed E-state index contributed by atoms with van der Waals surface area (Å²) in [7, 11) is 0. The summed E-state index contributed by atoms with van der Waals surface area (Å²) in [4.78, 5) is 11.1. The molecule has 2 rings (SSSR count). The van der Waals surface area contributed by atoms with Gasteiger partial charge in [0.05, 0.1) is 15.6 Å². The Balaban J connectivity index is 2.57. The number of nitrogens with zero attached hydrogens (tertiary/aromatic N) is 1. The maximum atomic E-state index is 11.1. The van der Waals surface area contributed by atoms with Crippen molar-refractivity contribution < 1.29 is 9.90 Å².